The summed E-state index contributed by atoms with van der Waals surface area (Å²) in [6.07, 6.45) is 5.22. The number of hydrogen-bond acceptors (Lipinski definition) is 4. The molecule has 0 N–H and O–H groups in total. The van der Waals surface area contributed by atoms with E-state index in [0.29, 0.717) is 5.69 Å². The molecule has 4 nitrogen and oxygen atoms in total. The molecule has 1 aromatic heterocycles. The third kappa shape index (κ3) is 4.39. The Balaban J connectivity index is 1.27. The Labute approximate surface area is 301 Å². The van der Waals surface area contributed by atoms with Crippen LogP contribution in [0.5, 0.6) is 0 Å². The lowest BCUT2D eigenvalue weighted by Gasteiger charge is -2.31. The summed E-state index contributed by atoms with van der Waals surface area (Å²) in [5.74, 6) is 0.456. The Kier molecular flexibility index (Phi) is 6.67. The van der Waals surface area contributed by atoms with Crippen LogP contribution >= 0.6 is 0 Å². The highest BCUT2D eigenvalue weighted by Crippen LogP contribution is 2.55. The second-order valence-corrected chi connectivity index (χ2v) is 14.0. The topological polar surface area (TPSA) is 32.3 Å². The van der Waals surface area contributed by atoms with Gasteiger partial charge in [0.05, 0.1) is 28.9 Å². The van der Waals surface area contributed by atoms with Gasteiger partial charge in [-0.05, 0) is 80.7 Å². The molecule has 0 atom stereocenters. The first-order valence-corrected chi connectivity index (χ1v) is 17.6. The fourth-order valence-corrected chi connectivity index (χ4v) is 8.48. The summed E-state index contributed by atoms with van der Waals surface area (Å²) < 4.78 is 16.2. The van der Waals surface area contributed by atoms with Crippen LogP contribution in [0.2, 0.25) is 0 Å². The van der Waals surface area contributed by atoms with Gasteiger partial charge in [0, 0.05) is 39.8 Å². The fraction of sp³-hybridized carbons (Fsp3) is 0.0638. The molecule has 5 heteroatoms. The van der Waals surface area contributed by atoms with Gasteiger partial charge in [0.15, 0.2) is 5.82 Å². The number of aromatic nitrogens is 2. The molecule has 0 fully saturated rings. The third-order valence-corrected chi connectivity index (χ3v) is 10.8. The molecule has 0 amide bonds. The van der Waals surface area contributed by atoms with E-state index in [-0.39, 0.29) is 11.2 Å². The Bertz CT molecular complexity index is 2760. The maximum Gasteiger partial charge on any atom is 0.156 e. The molecule has 0 bridgehead atoms. The molecule has 248 valence electrons. The first-order chi connectivity index (χ1) is 25.5. The summed E-state index contributed by atoms with van der Waals surface area (Å²) in [5, 5.41) is 6.68. The van der Waals surface area contributed by atoms with E-state index < -0.39 is 0 Å². The molecule has 0 saturated heterocycles. The maximum absolute atomic E-state index is 16.2. The third-order valence-electron chi connectivity index (χ3n) is 10.8. The highest BCUT2D eigenvalue weighted by Gasteiger charge is 2.38. The van der Waals surface area contributed by atoms with Gasteiger partial charge in [-0.2, -0.15) is 0 Å². The van der Waals surface area contributed by atoms with Crippen molar-refractivity contribution >= 4 is 66.6 Å². The van der Waals surface area contributed by atoms with E-state index in [4.69, 9.17) is 4.98 Å². The molecular weight excluding hydrogens is 640 g/mol. The average Bonchev–Trinajstić information content (AvgIpc) is 3.43. The zero-order valence-electron chi connectivity index (χ0n) is 28.8. The molecule has 1 aliphatic rings. The van der Waals surface area contributed by atoms with Gasteiger partial charge in [-0.15, -0.1) is 0 Å². The van der Waals surface area contributed by atoms with Crippen LogP contribution in [0.4, 0.5) is 38.6 Å². The van der Waals surface area contributed by atoms with Crippen molar-refractivity contribution in [2.24, 2.45) is 0 Å². The molecule has 0 spiro atoms. The van der Waals surface area contributed by atoms with Crippen molar-refractivity contribution in [3.05, 3.63) is 181 Å². The normalized spacial score (nSPS) is 13.1. The second-order valence-electron chi connectivity index (χ2n) is 14.0. The monoisotopic (exact) mass is 672 g/mol. The molecular formula is C47H33FN4. The van der Waals surface area contributed by atoms with Gasteiger partial charge in [-0.25, -0.2) is 9.37 Å². The lowest BCUT2D eigenvalue weighted by molar-refractivity contribution is 0.629. The predicted molar refractivity (Wildman–Crippen MR) is 213 cm³/mol. The summed E-state index contributed by atoms with van der Waals surface area (Å²) in [5.41, 5.74) is 9.02. The smallest absolute Gasteiger partial charge is 0.156 e. The molecule has 0 radical (unpaired) electrons. The minimum absolute atomic E-state index is 0.199. The first kappa shape index (κ1) is 30.3. The molecule has 1 heterocycles. The number of fused-ring (bicyclic) bond motifs is 3. The molecule has 0 unspecified atom stereocenters. The summed E-state index contributed by atoms with van der Waals surface area (Å²) in [6, 6.07) is 50.0. The fourth-order valence-electron chi connectivity index (χ4n) is 8.48. The van der Waals surface area contributed by atoms with E-state index in [1.165, 1.54) is 16.7 Å². The van der Waals surface area contributed by atoms with Crippen LogP contribution in [-0.2, 0) is 5.41 Å². The Morgan fingerprint density at radius 3 is 1.85 bits per heavy atom. The van der Waals surface area contributed by atoms with Crippen LogP contribution in [0, 0.1) is 5.82 Å². The molecule has 9 aromatic rings. The number of para-hydroxylation sites is 2. The predicted octanol–water partition coefficient (Wildman–Crippen LogP) is 12.8. The van der Waals surface area contributed by atoms with E-state index in [2.05, 4.69) is 132 Å². The van der Waals surface area contributed by atoms with Crippen molar-refractivity contribution in [3.8, 4) is 11.1 Å². The van der Waals surface area contributed by atoms with E-state index in [1.807, 2.05) is 30.3 Å². The lowest BCUT2D eigenvalue weighted by atomic mass is 9.82. The highest BCUT2D eigenvalue weighted by atomic mass is 19.1. The number of anilines is 6. The van der Waals surface area contributed by atoms with Gasteiger partial charge in [0.25, 0.3) is 0 Å². The highest BCUT2D eigenvalue weighted by molar-refractivity contribution is 6.28. The van der Waals surface area contributed by atoms with Gasteiger partial charge in [-0.3, -0.25) is 9.88 Å². The van der Waals surface area contributed by atoms with Crippen LogP contribution in [0.3, 0.4) is 0 Å². The van der Waals surface area contributed by atoms with E-state index in [1.54, 1.807) is 30.7 Å². The number of hydrogen-bond donors (Lipinski definition) is 0. The van der Waals surface area contributed by atoms with Crippen LogP contribution in [0.15, 0.2) is 164 Å². The molecule has 10 rings (SSSR count). The lowest BCUT2D eigenvalue weighted by Crippen LogP contribution is -2.16. The maximum atomic E-state index is 16.2. The zero-order chi connectivity index (χ0) is 35.0. The molecule has 1 aliphatic carbocycles. The number of nitrogens with zero attached hydrogens (tertiary/aromatic N) is 4. The van der Waals surface area contributed by atoms with Crippen LogP contribution in [0.1, 0.15) is 25.0 Å². The van der Waals surface area contributed by atoms with E-state index in [9.17, 15) is 0 Å². The number of rotatable bonds is 6. The van der Waals surface area contributed by atoms with Crippen molar-refractivity contribution in [3.63, 3.8) is 0 Å². The van der Waals surface area contributed by atoms with Gasteiger partial charge in [-0.1, -0.05) is 117 Å². The molecule has 8 aromatic carbocycles. The first-order valence-electron chi connectivity index (χ1n) is 17.6. The average molecular weight is 673 g/mol. The summed E-state index contributed by atoms with van der Waals surface area (Å²) >= 11 is 0. The Morgan fingerprint density at radius 1 is 0.519 bits per heavy atom. The molecule has 0 aliphatic heterocycles. The van der Waals surface area contributed by atoms with Crippen molar-refractivity contribution in [1.82, 2.24) is 9.97 Å². The summed E-state index contributed by atoms with van der Waals surface area (Å²) in [6.45, 7) is 4.56. The zero-order valence-corrected chi connectivity index (χ0v) is 28.8. The Hall–Kier alpha value is -6.59. The summed E-state index contributed by atoms with van der Waals surface area (Å²) in [4.78, 5) is 13.4. The van der Waals surface area contributed by atoms with E-state index >= 15 is 4.39 Å². The number of halogens is 1. The minimum Gasteiger partial charge on any atom is -0.306 e. The van der Waals surface area contributed by atoms with E-state index in [0.717, 1.165) is 66.4 Å². The van der Waals surface area contributed by atoms with Crippen molar-refractivity contribution < 1.29 is 4.39 Å². The van der Waals surface area contributed by atoms with Crippen molar-refractivity contribution in [1.29, 1.82) is 0 Å². The quantitative estimate of drug-likeness (QED) is 0.165. The van der Waals surface area contributed by atoms with Crippen molar-refractivity contribution in [2.75, 3.05) is 9.80 Å². The Morgan fingerprint density at radius 2 is 1.13 bits per heavy atom. The van der Waals surface area contributed by atoms with Crippen LogP contribution in [-0.4, -0.2) is 9.97 Å². The minimum atomic E-state index is -0.277. The second kappa shape index (κ2) is 11.5. The standard InChI is InChI=1S/C47H33FN4/c1-47(2)36-14-7-6-13-33(36)46-37(47)15-10-18-42(46)52(41-17-9-8-16-38(41)48)40-26-22-31-19-23-34-39(25-21-30-20-24-35(40)45(31)44(30)34)51(32-11-4-3-5-12-32)43-29-49-27-28-50-43/h3-29H,1-2H3. The van der Waals surface area contributed by atoms with Crippen LogP contribution < -0.4 is 9.80 Å². The van der Waals surface area contributed by atoms with Gasteiger partial charge in [0.1, 0.15) is 5.82 Å². The van der Waals surface area contributed by atoms with Crippen LogP contribution in [0.25, 0.3) is 43.4 Å². The number of benzene rings is 8. The largest absolute Gasteiger partial charge is 0.306 e. The van der Waals surface area contributed by atoms with Gasteiger partial charge >= 0.3 is 0 Å². The van der Waals surface area contributed by atoms with Crippen molar-refractivity contribution in [2.45, 2.75) is 19.3 Å². The molecule has 0 saturated carbocycles. The van der Waals surface area contributed by atoms with Gasteiger partial charge < -0.3 is 4.90 Å². The van der Waals surface area contributed by atoms with Gasteiger partial charge in [0.2, 0.25) is 0 Å². The molecule has 52 heavy (non-hydrogen) atoms. The summed E-state index contributed by atoms with van der Waals surface area (Å²) in [7, 11) is 0. The SMILES string of the molecule is CC1(C)c2ccccc2-c2c(N(c3ccccc3F)c3ccc4ccc5c(N(c6ccccc6)c6cnccn6)ccc6ccc3c4c65)cccc21.